The van der Waals surface area contributed by atoms with Gasteiger partial charge in [-0.1, -0.05) is 26.0 Å². The zero-order valence-corrected chi connectivity index (χ0v) is 16.1. The molecule has 0 saturated carbocycles. The first-order chi connectivity index (χ1) is 13.1. The Morgan fingerprint density at radius 2 is 1.63 bits per heavy atom. The van der Waals surface area contributed by atoms with Crippen molar-refractivity contribution in [3.8, 4) is 5.75 Å². The Morgan fingerprint density at radius 3 is 2.26 bits per heavy atom. The van der Waals surface area contributed by atoms with E-state index in [0.717, 1.165) is 19.6 Å². The van der Waals surface area contributed by atoms with Gasteiger partial charge in [0.25, 0.3) is 11.8 Å². The third-order valence-corrected chi connectivity index (χ3v) is 4.38. The Labute approximate surface area is 160 Å². The molecule has 0 fully saturated rings. The van der Waals surface area contributed by atoms with Crippen molar-refractivity contribution in [1.82, 2.24) is 10.2 Å². The number of rotatable bonds is 9. The number of para-hydroxylation sites is 1. The van der Waals surface area contributed by atoms with Gasteiger partial charge in [0, 0.05) is 18.7 Å². The fraction of sp³-hybridized carbons (Fsp3) is 0.333. The molecule has 0 aromatic heterocycles. The van der Waals surface area contributed by atoms with E-state index in [4.69, 9.17) is 4.74 Å². The molecule has 2 rings (SSSR count). The lowest BCUT2D eigenvalue weighted by Gasteiger charge is -2.18. The van der Waals surface area contributed by atoms with Gasteiger partial charge in [0.1, 0.15) is 5.75 Å². The Balaban J connectivity index is 2.03. The molecule has 6 heteroatoms. The average molecular weight is 369 g/mol. The highest BCUT2D eigenvalue weighted by molar-refractivity contribution is 6.09. The van der Waals surface area contributed by atoms with Crippen LogP contribution in [0, 0.1) is 0 Å². The van der Waals surface area contributed by atoms with Gasteiger partial charge in [0.15, 0.2) is 0 Å². The number of ether oxygens (including phenoxy) is 1. The lowest BCUT2D eigenvalue weighted by molar-refractivity contribution is 0.0950. The van der Waals surface area contributed by atoms with Gasteiger partial charge in [-0.3, -0.25) is 9.59 Å². The van der Waals surface area contributed by atoms with Crippen LogP contribution in [0.3, 0.4) is 0 Å². The molecule has 6 nitrogen and oxygen atoms in total. The summed E-state index contributed by atoms with van der Waals surface area (Å²) >= 11 is 0. The summed E-state index contributed by atoms with van der Waals surface area (Å²) in [5.41, 5.74) is 1.42. The molecule has 2 amide bonds. The summed E-state index contributed by atoms with van der Waals surface area (Å²) in [6.07, 6.45) is 0. The molecule has 144 valence electrons. The number of nitrogens with one attached hydrogen (secondary N) is 2. The lowest BCUT2D eigenvalue weighted by atomic mass is 10.1. The van der Waals surface area contributed by atoms with E-state index in [1.165, 1.54) is 0 Å². The zero-order chi connectivity index (χ0) is 19.6. The summed E-state index contributed by atoms with van der Waals surface area (Å²) in [6, 6.07) is 13.8. The fourth-order valence-corrected chi connectivity index (χ4v) is 2.69. The molecule has 0 aliphatic heterocycles. The summed E-state index contributed by atoms with van der Waals surface area (Å²) < 4.78 is 5.10. The van der Waals surface area contributed by atoms with Crippen LogP contribution >= 0.6 is 0 Å². The molecule has 27 heavy (non-hydrogen) atoms. The van der Waals surface area contributed by atoms with Crippen LogP contribution in [-0.4, -0.2) is 50.0 Å². The number of nitrogens with zero attached hydrogens (tertiary/aromatic N) is 1. The third kappa shape index (κ3) is 5.82. The van der Waals surface area contributed by atoms with Crippen LogP contribution in [0.15, 0.2) is 48.5 Å². The van der Waals surface area contributed by atoms with E-state index in [0.29, 0.717) is 29.1 Å². The minimum atomic E-state index is -0.277. The van der Waals surface area contributed by atoms with Gasteiger partial charge in [-0.15, -0.1) is 0 Å². The van der Waals surface area contributed by atoms with Gasteiger partial charge < -0.3 is 20.3 Å². The molecular weight excluding hydrogens is 342 g/mol. The normalized spacial score (nSPS) is 10.5. The molecule has 0 saturated heterocycles. The number of anilines is 1. The van der Waals surface area contributed by atoms with Gasteiger partial charge in [0.05, 0.1) is 18.4 Å². The Morgan fingerprint density at radius 1 is 0.963 bits per heavy atom. The Hall–Kier alpha value is -2.86. The maximum Gasteiger partial charge on any atom is 0.255 e. The van der Waals surface area contributed by atoms with Crippen LogP contribution in [-0.2, 0) is 0 Å². The third-order valence-electron chi connectivity index (χ3n) is 4.38. The first-order valence-corrected chi connectivity index (χ1v) is 9.14. The standard InChI is InChI=1S/C21H27N3O3/c1-4-24(5-2)15-14-22-21(26)18-8-6-7-9-19(18)23-20(25)16-10-12-17(27-3)13-11-16/h6-13H,4-5,14-15H2,1-3H3,(H,22,26)(H,23,25). The van der Waals surface area contributed by atoms with Crippen molar-refractivity contribution < 1.29 is 14.3 Å². The summed E-state index contributed by atoms with van der Waals surface area (Å²) in [4.78, 5) is 27.2. The van der Waals surface area contributed by atoms with E-state index in [1.54, 1.807) is 55.6 Å². The van der Waals surface area contributed by atoms with Gasteiger partial charge in [-0.2, -0.15) is 0 Å². The molecule has 0 bridgehead atoms. The molecule has 2 aromatic rings. The van der Waals surface area contributed by atoms with Crippen molar-refractivity contribution in [1.29, 1.82) is 0 Å². The zero-order valence-electron chi connectivity index (χ0n) is 16.1. The first kappa shape index (κ1) is 20.5. The van der Waals surface area contributed by atoms with Crippen LogP contribution in [0.2, 0.25) is 0 Å². The van der Waals surface area contributed by atoms with Crippen molar-refractivity contribution in [2.75, 3.05) is 38.6 Å². The maximum absolute atomic E-state index is 12.5. The largest absolute Gasteiger partial charge is 0.497 e. The minimum absolute atomic E-state index is 0.201. The highest BCUT2D eigenvalue weighted by Crippen LogP contribution is 2.17. The maximum atomic E-state index is 12.5. The van der Waals surface area contributed by atoms with Crippen LogP contribution in [0.25, 0.3) is 0 Å². The second kappa shape index (κ2) is 10.3. The van der Waals surface area contributed by atoms with E-state index in [-0.39, 0.29) is 11.8 Å². The Bertz CT molecular complexity index is 756. The van der Waals surface area contributed by atoms with Gasteiger partial charge in [0.2, 0.25) is 0 Å². The quantitative estimate of drug-likeness (QED) is 0.713. The number of carbonyl (C=O) groups excluding carboxylic acids is 2. The highest BCUT2D eigenvalue weighted by Gasteiger charge is 2.14. The van der Waals surface area contributed by atoms with E-state index >= 15 is 0 Å². The molecule has 0 heterocycles. The predicted octanol–water partition coefficient (Wildman–Crippen LogP) is 3.02. The van der Waals surface area contributed by atoms with Gasteiger partial charge in [-0.05, 0) is 49.5 Å². The fourth-order valence-electron chi connectivity index (χ4n) is 2.69. The number of carbonyl (C=O) groups is 2. The Kier molecular flexibility index (Phi) is 7.82. The number of benzene rings is 2. The number of amides is 2. The molecule has 0 spiro atoms. The summed E-state index contributed by atoms with van der Waals surface area (Å²) in [5, 5.41) is 5.73. The van der Waals surface area contributed by atoms with Crippen LogP contribution in [0.1, 0.15) is 34.6 Å². The second-order valence-electron chi connectivity index (χ2n) is 6.01. The molecule has 0 aliphatic rings. The smallest absolute Gasteiger partial charge is 0.255 e. The van der Waals surface area contributed by atoms with Crippen LogP contribution in [0.4, 0.5) is 5.69 Å². The van der Waals surface area contributed by atoms with Crippen molar-refractivity contribution in [2.45, 2.75) is 13.8 Å². The molecule has 0 unspecified atom stereocenters. The predicted molar refractivity (Wildman–Crippen MR) is 108 cm³/mol. The van der Waals surface area contributed by atoms with E-state index < -0.39 is 0 Å². The van der Waals surface area contributed by atoms with Crippen LogP contribution < -0.4 is 15.4 Å². The van der Waals surface area contributed by atoms with Crippen LogP contribution in [0.5, 0.6) is 5.75 Å². The number of methoxy groups -OCH3 is 1. The second-order valence-corrected chi connectivity index (χ2v) is 6.01. The monoisotopic (exact) mass is 369 g/mol. The van der Waals surface area contributed by atoms with Crippen molar-refractivity contribution in [3.63, 3.8) is 0 Å². The number of hydrogen-bond acceptors (Lipinski definition) is 4. The molecule has 0 aliphatic carbocycles. The molecule has 0 radical (unpaired) electrons. The minimum Gasteiger partial charge on any atom is -0.497 e. The van der Waals surface area contributed by atoms with Crippen molar-refractivity contribution >= 4 is 17.5 Å². The van der Waals surface area contributed by atoms with E-state index in [1.807, 2.05) is 0 Å². The van der Waals surface area contributed by atoms with Gasteiger partial charge >= 0.3 is 0 Å². The number of likely N-dealkylation sites (N-methyl/N-ethyl adjacent to an activating group) is 1. The topological polar surface area (TPSA) is 70.7 Å². The summed E-state index contributed by atoms with van der Waals surface area (Å²) in [5.74, 6) is 0.202. The molecule has 2 N–H and O–H groups in total. The summed E-state index contributed by atoms with van der Waals surface area (Å²) in [6.45, 7) is 7.42. The van der Waals surface area contributed by atoms with E-state index in [9.17, 15) is 9.59 Å². The van der Waals surface area contributed by atoms with Crippen molar-refractivity contribution in [2.24, 2.45) is 0 Å². The molecule has 0 atom stereocenters. The average Bonchev–Trinajstić information content (AvgIpc) is 2.71. The highest BCUT2D eigenvalue weighted by atomic mass is 16.5. The molecular formula is C21H27N3O3. The first-order valence-electron chi connectivity index (χ1n) is 9.14. The lowest BCUT2D eigenvalue weighted by Crippen LogP contribution is -2.35. The van der Waals surface area contributed by atoms with E-state index in [2.05, 4.69) is 29.4 Å². The molecule has 2 aromatic carbocycles. The number of hydrogen-bond donors (Lipinski definition) is 2. The summed E-state index contributed by atoms with van der Waals surface area (Å²) in [7, 11) is 1.57. The van der Waals surface area contributed by atoms with Gasteiger partial charge in [-0.25, -0.2) is 0 Å². The SMILES string of the molecule is CCN(CC)CCNC(=O)c1ccccc1NC(=O)c1ccc(OC)cc1. The van der Waals surface area contributed by atoms with Crippen molar-refractivity contribution in [3.05, 3.63) is 59.7 Å².